The fourth-order valence-corrected chi connectivity index (χ4v) is 5.28. The van der Waals surface area contributed by atoms with Crippen molar-refractivity contribution in [2.24, 2.45) is 0 Å². The van der Waals surface area contributed by atoms with Gasteiger partial charge in [0.2, 0.25) is 15.9 Å². The number of nitrogens with one attached hydrogen (secondary N) is 2. The molecule has 2 aromatic rings. The Balaban J connectivity index is 1.83. The van der Waals surface area contributed by atoms with Crippen LogP contribution in [-0.2, 0) is 14.8 Å². The highest BCUT2D eigenvalue weighted by Crippen LogP contribution is 2.25. The van der Waals surface area contributed by atoms with Gasteiger partial charge in [-0.25, -0.2) is 13.1 Å². The van der Waals surface area contributed by atoms with E-state index in [1.165, 1.54) is 19.8 Å². The summed E-state index contributed by atoms with van der Waals surface area (Å²) in [6, 6.07) is 5.29. The smallest absolute Gasteiger partial charge is 0.241 e. The van der Waals surface area contributed by atoms with E-state index >= 15 is 0 Å². The van der Waals surface area contributed by atoms with Gasteiger partial charge in [-0.15, -0.1) is 0 Å². The van der Waals surface area contributed by atoms with Gasteiger partial charge in [0, 0.05) is 13.0 Å². The minimum absolute atomic E-state index is 0.00604. The van der Waals surface area contributed by atoms with Crippen molar-refractivity contribution in [1.82, 2.24) is 9.88 Å². The third kappa shape index (κ3) is 5.58. The van der Waals surface area contributed by atoms with Crippen LogP contribution in [0.15, 0.2) is 27.6 Å². The molecule has 0 bridgehead atoms. The molecule has 1 aromatic heterocycles. The molecular weight excluding hydrogens is 402 g/mol. The maximum atomic E-state index is 13.0. The van der Waals surface area contributed by atoms with Crippen LogP contribution in [0.1, 0.15) is 68.0 Å². The molecule has 7 nitrogen and oxygen atoms in total. The van der Waals surface area contributed by atoms with E-state index in [9.17, 15) is 13.2 Å². The first kappa shape index (κ1) is 22.2. The number of rotatable bonds is 6. The number of aryl methyl sites for hydroxylation is 2. The van der Waals surface area contributed by atoms with Crippen molar-refractivity contribution in [2.75, 3.05) is 5.32 Å². The molecule has 0 aliphatic heterocycles. The molecule has 0 atom stereocenters. The minimum Gasteiger partial charge on any atom is -0.354 e. The predicted octanol–water partition coefficient (Wildman–Crippen LogP) is 4.42. The highest BCUT2D eigenvalue weighted by Gasteiger charge is 2.23. The van der Waals surface area contributed by atoms with Crippen molar-refractivity contribution in [3.8, 4) is 0 Å². The second-order valence-corrected chi connectivity index (χ2v) is 9.54. The van der Waals surface area contributed by atoms with Gasteiger partial charge in [-0.05, 0) is 50.0 Å². The summed E-state index contributed by atoms with van der Waals surface area (Å²) >= 11 is 0. The van der Waals surface area contributed by atoms with Gasteiger partial charge < -0.3 is 9.84 Å². The van der Waals surface area contributed by atoms with Crippen LogP contribution >= 0.6 is 0 Å². The molecule has 1 saturated carbocycles. The first-order valence-electron chi connectivity index (χ1n) is 10.3. The highest BCUT2D eigenvalue weighted by atomic mass is 32.2. The van der Waals surface area contributed by atoms with E-state index in [2.05, 4.69) is 15.2 Å². The largest absolute Gasteiger partial charge is 0.354 e. The quantitative estimate of drug-likeness (QED) is 0.659. The molecular formula is C22H29N3O4S. The molecule has 1 aliphatic carbocycles. The molecule has 2 N–H and O–H groups in total. The Morgan fingerprint density at radius 1 is 1.13 bits per heavy atom. The summed E-state index contributed by atoms with van der Waals surface area (Å²) in [6.45, 7) is 4.95. The standard InChI is InChI=1S/C22H29N3O4S/c1-15-10-11-18(12-13-20-22(23-17(3)26)16(2)24-29-20)14-21(15)30(27,28)25-19-8-6-4-5-7-9-19/h10-14,19,25H,4-9H2,1-3H3,(H,23,26). The summed E-state index contributed by atoms with van der Waals surface area (Å²) in [5.74, 6) is 0.188. The zero-order valence-electron chi connectivity index (χ0n) is 17.7. The number of anilines is 1. The number of amides is 1. The normalized spacial score (nSPS) is 16.0. The number of aromatic nitrogens is 1. The molecule has 0 saturated heterocycles. The fourth-order valence-electron chi connectivity index (χ4n) is 3.69. The van der Waals surface area contributed by atoms with Crippen molar-refractivity contribution in [3.05, 3.63) is 40.8 Å². The summed E-state index contributed by atoms with van der Waals surface area (Å²) in [5.41, 5.74) is 2.49. The van der Waals surface area contributed by atoms with Crippen LogP contribution in [0.2, 0.25) is 0 Å². The Labute approximate surface area is 178 Å². The van der Waals surface area contributed by atoms with Gasteiger partial charge in [-0.1, -0.05) is 49.0 Å². The van der Waals surface area contributed by atoms with Gasteiger partial charge in [0.05, 0.1) is 4.90 Å². The Hall–Kier alpha value is -2.45. The number of sulfonamides is 1. The third-order valence-electron chi connectivity index (χ3n) is 5.30. The zero-order valence-corrected chi connectivity index (χ0v) is 18.5. The number of benzene rings is 1. The number of hydrogen-bond donors (Lipinski definition) is 2. The number of carbonyl (C=O) groups is 1. The van der Waals surface area contributed by atoms with E-state index in [0.29, 0.717) is 28.3 Å². The summed E-state index contributed by atoms with van der Waals surface area (Å²) in [6.07, 6.45) is 9.63. The summed E-state index contributed by atoms with van der Waals surface area (Å²) in [5, 5.41) is 6.58. The SMILES string of the molecule is CC(=O)Nc1c(C)noc1C=Cc1ccc(C)c(S(=O)(=O)NC2CCCCCC2)c1. The Bertz CT molecular complexity index is 1030. The van der Waals surface area contributed by atoms with Gasteiger partial charge >= 0.3 is 0 Å². The molecule has 1 aromatic carbocycles. The Kier molecular flexibility index (Phi) is 7.10. The van der Waals surface area contributed by atoms with Crippen molar-refractivity contribution >= 4 is 33.8 Å². The van der Waals surface area contributed by atoms with E-state index in [-0.39, 0.29) is 16.8 Å². The minimum atomic E-state index is -3.61. The molecule has 1 amide bonds. The van der Waals surface area contributed by atoms with Crippen molar-refractivity contribution in [2.45, 2.75) is 70.2 Å². The molecule has 0 radical (unpaired) electrons. The summed E-state index contributed by atoms with van der Waals surface area (Å²) < 4.78 is 34.2. The van der Waals surface area contributed by atoms with Crippen molar-refractivity contribution in [1.29, 1.82) is 0 Å². The van der Waals surface area contributed by atoms with Gasteiger partial charge in [-0.2, -0.15) is 0 Å². The van der Waals surface area contributed by atoms with Crippen LogP contribution in [0.4, 0.5) is 5.69 Å². The lowest BCUT2D eigenvalue weighted by molar-refractivity contribution is -0.114. The van der Waals surface area contributed by atoms with Crippen LogP contribution in [0.5, 0.6) is 0 Å². The van der Waals surface area contributed by atoms with Crippen LogP contribution < -0.4 is 10.0 Å². The summed E-state index contributed by atoms with van der Waals surface area (Å²) in [4.78, 5) is 11.7. The van der Waals surface area contributed by atoms with Crippen LogP contribution in [-0.4, -0.2) is 25.5 Å². The molecule has 1 fully saturated rings. The van der Waals surface area contributed by atoms with Crippen LogP contribution in [0.25, 0.3) is 12.2 Å². The first-order valence-corrected chi connectivity index (χ1v) is 11.8. The average Bonchev–Trinajstić information content (AvgIpc) is 2.87. The lowest BCUT2D eigenvalue weighted by Crippen LogP contribution is -2.34. The van der Waals surface area contributed by atoms with E-state index in [1.807, 2.05) is 6.07 Å². The Morgan fingerprint density at radius 2 is 1.83 bits per heavy atom. The van der Waals surface area contributed by atoms with Gasteiger partial charge in [-0.3, -0.25) is 4.79 Å². The fraction of sp³-hybridized carbons (Fsp3) is 0.455. The van der Waals surface area contributed by atoms with Gasteiger partial charge in [0.15, 0.2) is 5.76 Å². The molecule has 30 heavy (non-hydrogen) atoms. The molecule has 1 aliphatic rings. The van der Waals surface area contributed by atoms with E-state index < -0.39 is 10.0 Å². The average molecular weight is 432 g/mol. The predicted molar refractivity (Wildman–Crippen MR) is 117 cm³/mol. The molecule has 162 valence electrons. The topological polar surface area (TPSA) is 101 Å². The monoisotopic (exact) mass is 431 g/mol. The maximum Gasteiger partial charge on any atom is 0.241 e. The third-order valence-corrected chi connectivity index (χ3v) is 6.96. The maximum absolute atomic E-state index is 13.0. The van der Waals surface area contributed by atoms with E-state index in [4.69, 9.17) is 4.52 Å². The van der Waals surface area contributed by atoms with E-state index in [1.54, 1.807) is 38.1 Å². The Morgan fingerprint density at radius 3 is 2.50 bits per heavy atom. The first-order chi connectivity index (χ1) is 14.3. The second kappa shape index (κ2) is 9.57. The van der Waals surface area contributed by atoms with Crippen LogP contribution in [0, 0.1) is 13.8 Å². The molecule has 0 spiro atoms. The number of carbonyl (C=O) groups excluding carboxylic acids is 1. The zero-order chi connectivity index (χ0) is 21.7. The van der Waals surface area contributed by atoms with Gasteiger partial charge in [0.25, 0.3) is 0 Å². The van der Waals surface area contributed by atoms with Crippen molar-refractivity contribution < 1.29 is 17.7 Å². The highest BCUT2D eigenvalue weighted by molar-refractivity contribution is 7.89. The number of hydrogen-bond acceptors (Lipinski definition) is 5. The van der Waals surface area contributed by atoms with E-state index in [0.717, 1.165) is 25.7 Å². The molecule has 8 heteroatoms. The number of nitrogens with zero attached hydrogens (tertiary/aromatic N) is 1. The van der Waals surface area contributed by atoms with Crippen molar-refractivity contribution in [3.63, 3.8) is 0 Å². The molecule has 1 heterocycles. The molecule has 0 unspecified atom stereocenters. The lowest BCUT2D eigenvalue weighted by atomic mass is 10.1. The van der Waals surface area contributed by atoms with Gasteiger partial charge in [0.1, 0.15) is 11.4 Å². The van der Waals surface area contributed by atoms with Crippen LogP contribution in [0.3, 0.4) is 0 Å². The lowest BCUT2D eigenvalue weighted by Gasteiger charge is -2.17. The second-order valence-electron chi connectivity index (χ2n) is 7.86. The summed E-state index contributed by atoms with van der Waals surface area (Å²) in [7, 11) is -3.61. The molecule has 3 rings (SSSR count).